The maximum atomic E-state index is 11.6. The summed E-state index contributed by atoms with van der Waals surface area (Å²) in [5.74, 6) is 0. The Balaban J connectivity index is 3.04. The van der Waals surface area contributed by atoms with Crippen LogP contribution < -0.4 is 5.56 Å². The molecule has 5 heteroatoms. The molecule has 16 heavy (non-hydrogen) atoms. The van der Waals surface area contributed by atoms with Crippen LogP contribution in [0.1, 0.15) is 5.56 Å². The molecule has 1 heterocycles. The highest BCUT2D eigenvalue weighted by Crippen LogP contribution is 2.03. The number of allylic oxidation sites excluding steroid dienone is 2. The zero-order chi connectivity index (χ0) is 12.1. The third-order valence-corrected chi connectivity index (χ3v) is 1.86. The molecule has 1 rings (SSSR count). The summed E-state index contributed by atoms with van der Waals surface area (Å²) in [4.78, 5) is 15.4. The molecule has 0 N–H and O–H groups in total. The molecule has 0 fully saturated rings. The van der Waals surface area contributed by atoms with Crippen LogP contribution in [0.15, 0.2) is 40.9 Å². The smallest absolute Gasteiger partial charge is 0.267 e. The number of aryl methyl sites for hydroxylation is 1. The van der Waals surface area contributed by atoms with E-state index in [0.717, 1.165) is 0 Å². The van der Waals surface area contributed by atoms with E-state index in [1.54, 1.807) is 19.2 Å². The number of hydrogen-bond donors (Lipinski definition) is 0. The van der Waals surface area contributed by atoms with E-state index in [0.29, 0.717) is 11.1 Å². The lowest BCUT2D eigenvalue weighted by Crippen LogP contribution is -2.22. The first-order chi connectivity index (χ1) is 7.56. The summed E-state index contributed by atoms with van der Waals surface area (Å²) in [5, 5.41) is 12.2. The van der Waals surface area contributed by atoms with Gasteiger partial charge in [0.15, 0.2) is 0 Å². The van der Waals surface area contributed by atoms with Crippen LogP contribution in [-0.4, -0.2) is 16.0 Å². The Labute approximate surface area is 92.7 Å². The zero-order valence-corrected chi connectivity index (χ0v) is 8.84. The van der Waals surface area contributed by atoms with Crippen LogP contribution >= 0.6 is 0 Å². The zero-order valence-electron chi connectivity index (χ0n) is 8.84. The maximum absolute atomic E-state index is 11.6. The van der Waals surface area contributed by atoms with Gasteiger partial charge >= 0.3 is 0 Å². The van der Waals surface area contributed by atoms with Gasteiger partial charge in [-0.2, -0.15) is 10.4 Å². The molecular weight excluding hydrogens is 204 g/mol. The van der Waals surface area contributed by atoms with Crippen LogP contribution in [0.2, 0.25) is 0 Å². The lowest BCUT2D eigenvalue weighted by molar-refractivity contribution is 0.705. The number of rotatable bonds is 3. The van der Waals surface area contributed by atoms with Gasteiger partial charge < -0.3 is 0 Å². The van der Waals surface area contributed by atoms with Gasteiger partial charge in [-0.05, 0) is 11.6 Å². The molecule has 0 aliphatic rings. The summed E-state index contributed by atoms with van der Waals surface area (Å²) >= 11 is 0. The highest BCUT2D eigenvalue weighted by Gasteiger charge is 2.03. The first kappa shape index (κ1) is 11.6. The first-order valence-corrected chi connectivity index (χ1v) is 4.41. The summed E-state index contributed by atoms with van der Waals surface area (Å²) in [6, 6.07) is 3.32. The molecule has 0 atom stereocenters. The highest BCUT2D eigenvalue weighted by atomic mass is 16.1. The molecule has 0 saturated carbocycles. The van der Waals surface area contributed by atoms with Crippen LogP contribution in [0.25, 0.3) is 5.57 Å². The fraction of sp³-hybridized carbons (Fsp3) is 0.0909. The Morgan fingerprint density at radius 1 is 1.69 bits per heavy atom. The number of nitrogens with zero attached hydrogens (tertiary/aromatic N) is 4. The maximum Gasteiger partial charge on any atom is 0.274 e. The topological polar surface area (TPSA) is 71.0 Å². The number of nitriles is 1. The van der Waals surface area contributed by atoms with Crippen molar-refractivity contribution in [3.63, 3.8) is 0 Å². The lowest BCUT2D eigenvalue weighted by Gasteiger charge is -2.00. The number of hydrogen-bond acceptors (Lipinski definition) is 4. The van der Waals surface area contributed by atoms with Crippen molar-refractivity contribution in [3.8, 4) is 6.07 Å². The van der Waals surface area contributed by atoms with Crippen LogP contribution in [0.5, 0.6) is 0 Å². The van der Waals surface area contributed by atoms with E-state index in [1.807, 2.05) is 0 Å². The summed E-state index contributed by atoms with van der Waals surface area (Å²) in [6.45, 7) is 7.08. The van der Waals surface area contributed by atoms with E-state index in [2.05, 4.69) is 23.2 Å². The fourth-order valence-corrected chi connectivity index (χ4v) is 1.00. The normalized spacial score (nSPS) is 10.0. The Hall–Kier alpha value is -2.48. The van der Waals surface area contributed by atoms with Crippen molar-refractivity contribution in [2.24, 2.45) is 12.0 Å². The van der Waals surface area contributed by atoms with Crippen molar-refractivity contribution in [3.05, 3.63) is 47.0 Å². The van der Waals surface area contributed by atoms with Crippen molar-refractivity contribution >= 4 is 11.8 Å². The van der Waals surface area contributed by atoms with Crippen molar-refractivity contribution < 1.29 is 0 Å². The summed E-state index contributed by atoms with van der Waals surface area (Å²) in [7, 11) is 1.55. The lowest BCUT2D eigenvalue weighted by atomic mass is 10.1. The molecule has 0 saturated heterocycles. The second-order valence-electron chi connectivity index (χ2n) is 3.02. The van der Waals surface area contributed by atoms with Crippen molar-refractivity contribution in [2.75, 3.05) is 0 Å². The van der Waals surface area contributed by atoms with E-state index in [-0.39, 0.29) is 11.3 Å². The van der Waals surface area contributed by atoms with Gasteiger partial charge in [-0.1, -0.05) is 13.2 Å². The Kier molecular flexibility index (Phi) is 3.51. The molecule has 0 aromatic carbocycles. The van der Waals surface area contributed by atoms with Gasteiger partial charge in [0, 0.05) is 19.5 Å². The first-order valence-electron chi connectivity index (χ1n) is 4.41. The van der Waals surface area contributed by atoms with Crippen LogP contribution in [0.3, 0.4) is 0 Å². The van der Waals surface area contributed by atoms with E-state index in [1.165, 1.54) is 17.1 Å². The van der Waals surface area contributed by atoms with Gasteiger partial charge in [-0.15, -0.1) is 0 Å². The van der Waals surface area contributed by atoms with E-state index >= 15 is 0 Å². The molecule has 1 aromatic heterocycles. The quantitative estimate of drug-likeness (QED) is 0.554. The average molecular weight is 214 g/mol. The molecule has 5 nitrogen and oxygen atoms in total. The number of aliphatic imine (C=N–C) groups is 1. The Bertz CT molecular complexity index is 560. The molecule has 1 aromatic rings. The third kappa shape index (κ3) is 2.51. The van der Waals surface area contributed by atoms with E-state index < -0.39 is 0 Å². The molecular formula is C11H10N4O. The fourth-order valence-electron chi connectivity index (χ4n) is 1.00. The second kappa shape index (κ2) is 4.84. The molecule has 0 amide bonds. The Morgan fingerprint density at radius 3 is 3.00 bits per heavy atom. The van der Waals surface area contributed by atoms with Crippen molar-refractivity contribution in [1.29, 1.82) is 5.26 Å². The summed E-state index contributed by atoms with van der Waals surface area (Å²) in [5.41, 5.74) is 0.611. The minimum Gasteiger partial charge on any atom is -0.267 e. The predicted octanol–water partition coefficient (Wildman–Crippen LogP) is 0.902. The van der Waals surface area contributed by atoms with Crippen molar-refractivity contribution in [1.82, 2.24) is 9.78 Å². The van der Waals surface area contributed by atoms with Crippen LogP contribution in [0, 0.1) is 11.3 Å². The monoisotopic (exact) mass is 214 g/mol. The van der Waals surface area contributed by atoms with Gasteiger partial charge in [-0.25, -0.2) is 9.67 Å². The van der Waals surface area contributed by atoms with Crippen molar-refractivity contribution in [2.45, 2.75) is 0 Å². The van der Waals surface area contributed by atoms with Crippen LogP contribution in [-0.2, 0) is 7.05 Å². The van der Waals surface area contributed by atoms with E-state index in [9.17, 15) is 4.79 Å². The molecule has 0 radical (unpaired) electrons. The minimum atomic E-state index is -0.262. The van der Waals surface area contributed by atoms with Gasteiger partial charge in [-0.3, -0.25) is 4.79 Å². The number of aromatic nitrogens is 2. The molecule has 0 aliphatic heterocycles. The second-order valence-corrected chi connectivity index (χ2v) is 3.02. The summed E-state index contributed by atoms with van der Waals surface area (Å²) < 4.78 is 1.20. The van der Waals surface area contributed by atoms with Gasteiger partial charge in [0.2, 0.25) is 0 Å². The SMILES string of the molecule is C=C(C#N)/N=C/C(=C)c1ccnn(C)c1=O. The molecule has 0 bridgehead atoms. The molecule has 0 aliphatic carbocycles. The summed E-state index contributed by atoms with van der Waals surface area (Å²) in [6.07, 6.45) is 2.83. The minimum absolute atomic E-state index is 0.0621. The third-order valence-electron chi connectivity index (χ3n) is 1.86. The molecule has 0 spiro atoms. The highest BCUT2D eigenvalue weighted by molar-refractivity contribution is 6.08. The Morgan fingerprint density at radius 2 is 2.38 bits per heavy atom. The molecule has 0 unspecified atom stereocenters. The molecule has 80 valence electrons. The van der Waals surface area contributed by atoms with Gasteiger partial charge in [0.25, 0.3) is 5.56 Å². The largest absolute Gasteiger partial charge is 0.274 e. The average Bonchev–Trinajstić information content (AvgIpc) is 2.29. The predicted molar refractivity (Wildman–Crippen MR) is 61.8 cm³/mol. The van der Waals surface area contributed by atoms with Crippen LogP contribution in [0.4, 0.5) is 0 Å². The standard InChI is InChI=1S/C11H10N4O/c1-8(7-13-9(2)6-12)10-4-5-14-15(3)11(10)16/h4-5,7H,1-2H2,3H3/b13-7+. The van der Waals surface area contributed by atoms with E-state index in [4.69, 9.17) is 5.26 Å². The van der Waals surface area contributed by atoms with Gasteiger partial charge in [0.05, 0.1) is 5.56 Å². The van der Waals surface area contributed by atoms with Gasteiger partial charge in [0.1, 0.15) is 11.8 Å².